The molecule has 0 unspecified atom stereocenters. The number of fused-ring (bicyclic) bond motifs is 1. The molecule has 27 heavy (non-hydrogen) atoms. The molecule has 0 heterocycles. The Labute approximate surface area is 183 Å². The normalized spacial score (nSPS) is 11.4. The van der Waals surface area contributed by atoms with Crippen LogP contribution in [0, 0.1) is 0 Å². The molecule has 3 heteroatoms. The third-order valence-corrected chi connectivity index (χ3v) is 5.08. The predicted molar refractivity (Wildman–Crippen MR) is 119 cm³/mol. The molecule has 0 fully saturated rings. The molecule has 0 aromatic heterocycles. The van der Waals surface area contributed by atoms with Crippen LogP contribution in [0.5, 0.6) is 0 Å². The Morgan fingerprint density at radius 3 is 2.22 bits per heavy atom. The van der Waals surface area contributed by atoms with Crippen LogP contribution in [0.15, 0.2) is 48.5 Å². The van der Waals surface area contributed by atoms with Crippen LogP contribution < -0.4 is 0 Å². The van der Waals surface area contributed by atoms with Crippen LogP contribution in [0.25, 0.3) is 21.9 Å². The van der Waals surface area contributed by atoms with Crippen LogP contribution in [0.3, 0.4) is 0 Å². The number of aryl methyl sites for hydroxylation is 1. The van der Waals surface area contributed by atoms with E-state index in [1.54, 1.807) is 0 Å². The standard InChI is InChI=1S/C24H29.2ClH.Zr/c1-7-17-10-8-9-11-21(17)23-20(16(2)3)13-12-18-14-19(15-22(18)23)24(4,5)6;;;/h8-16H,7H2,1-6H3;2*1H;/q-1;;;+2/p-2. The molecule has 3 rings (SSSR count). The Bertz CT molecular complexity index is 885. The minimum atomic E-state index is -0.826. The fourth-order valence-corrected chi connectivity index (χ4v) is 3.59. The molecule has 0 atom stereocenters. The van der Waals surface area contributed by atoms with E-state index in [0.29, 0.717) is 5.92 Å². The topological polar surface area (TPSA) is 0 Å². The molecule has 0 nitrogen and oxygen atoms in total. The van der Waals surface area contributed by atoms with E-state index in [9.17, 15) is 0 Å². The molecule has 0 bridgehead atoms. The first-order valence-corrected chi connectivity index (χ1v) is 15.9. The Kier molecular flexibility index (Phi) is 8.29. The van der Waals surface area contributed by atoms with Gasteiger partial charge in [-0.25, -0.2) is 0 Å². The van der Waals surface area contributed by atoms with Gasteiger partial charge in [-0.2, -0.15) is 6.07 Å². The van der Waals surface area contributed by atoms with Crippen LogP contribution >= 0.6 is 17.0 Å². The van der Waals surface area contributed by atoms with Gasteiger partial charge in [0, 0.05) is 0 Å². The first-order chi connectivity index (χ1) is 12.7. The number of rotatable bonds is 3. The Hall–Kier alpha value is -0.487. The molecule has 0 N–H and O–H groups in total. The fourth-order valence-electron chi connectivity index (χ4n) is 3.59. The van der Waals surface area contributed by atoms with Crippen LogP contribution in [-0.2, 0) is 32.7 Å². The summed E-state index contributed by atoms with van der Waals surface area (Å²) in [5.41, 5.74) is 7.34. The summed E-state index contributed by atoms with van der Waals surface area (Å²) in [6, 6.07) is 18.3. The molecule has 3 aromatic rings. The van der Waals surface area contributed by atoms with E-state index in [1.165, 1.54) is 38.6 Å². The number of hydrogen-bond donors (Lipinski definition) is 0. The Morgan fingerprint density at radius 2 is 1.67 bits per heavy atom. The van der Waals surface area contributed by atoms with Gasteiger partial charge in [0.2, 0.25) is 0 Å². The van der Waals surface area contributed by atoms with Crippen molar-refractivity contribution in [2.75, 3.05) is 0 Å². The van der Waals surface area contributed by atoms with E-state index in [2.05, 4.69) is 90.1 Å². The molecular formula is C24H29Cl2Zr-. The summed E-state index contributed by atoms with van der Waals surface area (Å²) in [7, 11) is 9.87. The molecule has 0 aliphatic rings. The van der Waals surface area contributed by atoms with Crippen molar-refractivity contribution in [1.82, 2.24) is 0 Å². The average molecular weight is 480 g/mol. The summed E-state index contributed by atoms with van der Waals surface area (Å²) in [6.07, 6.45) is 1.07. The molecule has 0 aliphatic carbocycles. The van der Waals surface area contributed by atoms with Crippen molar-refractivity contribution in [3.8, 4) is 11.1 Å². The fraction of sp³-hybridized carbons (Fsp3) is 0.375. The SMILES string of the molecule is CCc1ccccc1-c1c(C(C)C)ccc2[cH-]c(C(C)(C)C)cc12.[Cl][Zr][Cl]. The summed E-state index contributed by atoms with van der Waals surface area (Å²) in [6.45, 7) is 13.7. The van der Waals surface area contributed by atoms with Crippen molar-refractivity contribution in [1.29, 1.82) is 0 Å². The van der Waals surface area contributed by atoms with Gasteiger partial charge in [0.25, 0.3) is 0 Å². The number of halogens is 2. The van der Waals surface area contributed by atoms with Gasteiger partial charge in [-0.3, -0.25) is 0 Å². The van der Waals surface area contributed by atoms with Crippen LogP contribution in [0.1, 0.15) is 64.2 Å². The third kappa shape index (κ3) is 5.32. The zero-order chi connectivity index (χ0) is 20.2. The summed E-state index contributed by atoms with van der Waals surface area (Å²) >= 11 is -0.826. The molecule has 0 saturated carbocycles. The van der Waals surface area contributed by atoms with Gasteiger partial charge in [-0.15, -0.1) is 34.5 Å². The zero-order valence-corrected chi connectivity index (χ0v) is 21.1. The molecule has 3 aromatic carbocycles. The first kappa shape index (κ1) is 22.8. The van der Waals surface area contributed by atoms with Crippen molar-refractivity contribution in [2.24, 2.45) is 0 Å². The summed E-state index contributed by atoms with van der Waals surface area (Å²) < 4.78 is 0. The van der Waals surface area contributed by atoms with Crippen molar-refractivity contribution in [3.63, 3.8) is 0 Å². The summed E-state index contributed by atoms with van der Waals surface area (Å²) in [4.78, 5) is 0. The first-order valence-electron chi connectivity index (χ1n) is 9.52. The van der Waals surface area contributed by atoms with Crippen molar-refractivity contribution in [3.05, 3.63) is 65.2 Å². The molecule has 0 saturated heterocycles. The number of benzene rings is 2. The van der Waals surface area contributed by atoms with E-state index < -0.39 is 20.8 Å². The Morgan fingerprint density at radius 1 is 1.04 bits per heavy atom. The van der Waals surface area contributed by atoms with Crippen LogP contribution in [0.2, 0.25) is 0 Å². The summed E-state index contributed by atoms with van der Waals surface area (Å²) in [5, 5.41) is 2.78. The quantitative estimate of drug-likeness (QED) is 0.330. The van der Waals surface area contributed by atoms with Gasteiger partial charge in [-0.1, -0.05) is 76.9 Å². The number of hydrogen-bond acceptors (Lipinski definition) is 0. The van der Waals surface area contributed by atoms with Crippen molar-refractivity contribution in [2.45, 2.75) is 59.3 Å². The van der Waals surface area contributed by atoms with E-state index in [1.807, 2.05) is 0 Å². The average Bonchev–Trinajstić information content (AvgIpc) is 3.06. The second kappa shape index (κ2) is 9.82. The molecule has 0 radical (unpaired) electrons. The molecule has 144 valence electrons. The van der Waals surface area contributed by atoms with E-state index in [0.717, 1.165) is 6.42 Å². The molecule has 0 spiro atoms. The zero-order valence-electron chi connectivity index (χ0n) is 17.2. The molecule has 0 aliphatic heterocycles. The van der Waals surface area contributed by atoms with Gasteiger partial charge < -0.3 is 0 Å². The maximum absolute atomic E-state index is 4.93. The van der Waals surface area contributed by atoms with E-state index in [-0.39, 0.29) is 5.41 Å². The molecular weight excluding hydrogens is 450 g/mol. The minimum absolute atomic E-state index is 0.179. The van der Waals surface area contributed by atoms with Crippen molar-refractivity contribution < 1.29 is 20.8 Å². The maximum atomic E-state index is 4.93. The van der Waals surface area contributed by atoms with E-state index >= 15 is 0 Å². The van der Waals surface area contributed by atoms with Gasteiger partial charge >= 0.3 is 37.9 Å². The second-order valence-corrected chi connectivity index (χ2v) is 12.0. The molecule has 0 amide bonds. The predicted octanol–water partition coefficient (Wildman–Crippen LogP) is 8.59. The van der Waals surface area contributed by atoms with Gasteiger partial charge in [0.05, 0.1) is 0 Å². The van der Waals surface area contributed by atoms with Gasteiger partial charge in [0.1, 0.15) is 0 Å². The summed E-state index contributed by atoms with van der Waals surface area (Å²) in [5.74, 6) is 0.516. The second-order valence-electron chi connectivity index (χ2n) is 8.26. The van der Waals surface area contributed by atoms with Gasteiger partial charge in [0.15, 0.2) is 0 Å². The van der Waals surface area contributed by atoms with Crippen molar-refractivity contribution >= 4 is 27.8 Å². The van der Waals surface area contributed by atoms with Gasteiger partial charge in [-0.05, 0) is 28.9 Å². The van der Waals surface area contributed by atoms with Crippen LogP contribution in [0.4, 0.5) is 0 Å². The van der Waals surface area contributed by atoms with E-state index in [4.69, 9.17) is 17.0 Å². The Balaban J connectivity index is 0.000000817. The van der Waals surface area contributed by atoms with Crippen LogP contribution in [-0.4, -0.2) is 0 Å². The monoisotopic (exact) mass is 477 g/mol. The third-order valence-electron chi connectivity index (χ3n) is 5.08.